The van der Waals surface area contributed by atoms with Gasteiger partial charge in [-0.3, -0.25) is 0 Å². The SMILES string of the molecule is C1CCC(N2CCCN(C3CCCCC3)N2C2CCCCC2)CC1. The van der Waals surface area contributed by atoms with Crippen LogP contribution in [0.1, 0.15) is 103 Å². The summed E-state index contributed by atoms with van der Waals surface area (Å²) < 4.78 is 0. The summed E-state index contributed by atoms with van der Waals surface area (Å²) in [5.41, 5.74) is 0. The van der Waals surface area contributed by atoms with Gasteiger partial charge in [-0.2, -0.15) is 5.12 Å². The molecule has 0 unspecified atom stereocenters. The fourth-order valence-electron chi connectivity index (χ4n) is 5.94. The molecule has 0 aromatic heterocycles. The Kier molecular flexibility index (Phi) is 6.13. The lowest BCUT2D eigenvalue weighted by Gasteiger charge is -2.56. The second-order valence-corrected chi connectivity index (χ2v) is 8.88. The molecule has 3 nitrogen and oxygen atoms in total. The van der Waals surface area contributed by atoms with Crippen LogP contribution in [0.2, 0.25) is 0 Å². The van der Waals surface area contributed by atoms with Gasteiger partial charge < -0.3 is 0 Å². The molecule has 4 aliphatic rings. The van der Waals surface area contributed by atoms with Crippen molar-refractivity contribution in [1.82, 2.24) is 15.1 Å². The van der Waals surface area contributed by atoms with E-state index in [0.717, 1.165) is 18.1 Å². The maximum Gasteiger partial charge on any atom is 0.0405 e. The van der Waals surface area contributed by atoms with Crippen LogP contribution in [0.15, 0.2) is 0 Å². The summed E-state index contributed by atoms with van der Waals surface area (Å²) >= 11 is 0. The van der Waals surface area contributed by atoms with Crippen LogP contribution in [0.25, 0.3) is 0 Å². The third-order valence-electron chi connectivity index (χ3n) is 7.19. The van der Waals surface area contributed by atoms with Gasteiger partial charge in [0.1, 0.15) is 0 Å². The predicted octanol–water partition coefficient (Wildman–Crippen LogP) is 5.12. The fourth-order valence-corrected chi connectivity index (χ4v) is 5.94. The van der Waals surface area contributed by atoms with E-state index in [1.54, 1.807) is 0 Å². The molecule has 1 heterocycles. The maximum absolute atomic E-state index is 2.88. The number of hydrazine groups is 2. The molecular weight excluding hydrogens is 294 g/mol. The number of hydrogen-bond acceptors (Lipinski definition) is 3. The minimum absolute atomic E-state index is 0.808. The van der Waals surface area contributed by atoms with E-state index >= 15 is 0 Å². The molecule has 0 radical (unpaired) electrons. The van der Waals surface area contributed by atoms with Crippen molar-refractivity contribution in [2.45, 2.75) is 121 Å². The molecule has 4 rings (SSSR count). The van der Waals surface area contributed by atoms with Crippen molar-refractivity contribution in [3.63, 3.8) is 0 Å². The molecule has 1 saturated heterocycles. The zero-order chi connectivity index (χ0) is 16.2. The number of rotatable bonds is 3. The maximum atomic E-state index is 2.88. The Morgan fingerprint density at radius 3 is 1.17 bits per heavy atom. The van der Waals surface area contributed by atoms with Crippen LogP contribution < -0.4 is 0 Å². The molecule has 0 aromatic rings. The highest BCUT2D eigenvalue weighted by Crippen LogP contribution is 2.35. The molecule has 3 saturated carbocycles. The smallest absolute Gasteiger partial charge is 0.0405 e. The second-order valence-electron chi connectivity index (χ2n) is 8.88. The molecule has 4 fully saturated rings. The van der Waals surface area contributed by atoms with Gasteiger partial charge in [-0.05, 0) is 44.9 Å². The van der Waals surface area contributed by atoms with Gasteiger partial charge >= 0.3 is 0 Å². The Morgan fingerprint density at radius 1 is 0.375 bits per heavy atom. The van der Waals surface area contributed by atoms with Crippen LogP contribution >= 0.6 is 0 Å². The highest BCUT2D eigenvalue weighted by Gasteiger charge is 2.40. The van der Waals surface area contributed by atoms with Gasteiger partial charge in [-0.25, -0.2) is 10.0 Å². The molecule has 0 aromatic carbocycles. The van der Waals surface area contributed by atoms with Gasteiger partial charge in [0.15, 0.2) is 0 Å². The number of nitrogens with zero attached hydrogens (tertiary/aromatic N) is 3. The average molecular weight is 334 g/mol. The summed E-state index contributed by atoms with van der Waals surface area (Å²) in [5, 5.41) is 8.65. The van der Waals surface area contributed by atoms with E-state index in [1.807, 2.05) is 0 Å². The Labute approximate surface area is 149 Å². The highest BCUT2D eigenvalue weighted by atomic mass is 15.9. The first kappa shape index (κ1) is 17.3. The Balaban J connectivity index is 1.53. The summed E-state index contributed by atoms with van der Waals surface area (Å²) in [6.45, 7) is 2.65. The molecular formula is C21H39N3. The van der Waals surface area contributed by atoms with Crippen LogP contribution in [-0.2, 0) is 0 Å². The van der Waals surface area contributed by atoms with Crippen LogP contribution in [0, 0.1) is 0 Å². The normalized spacial score (nSPS) is 31.5. The Hall–Kier alpha value is -0.120. The Bertz CT molecular complexity index is 341. The van der Waals surface area contributed by atoms with Crippen LogP contribution in [0.4, 0.5) is 0 Å². The number of hydrogen-bond donors (Lipinski definition) is 0. The summed E-state index contributed by atoms with van der Waals surface area (Å²) in [4.78, 5) is 0. The molecule has 0 amide bonds. The predicted molar refractivity (Wildman–Crippen MR) is 100 cm³/mol. The van der Waals surface area contributed by atoms with Gasteiger partial charge in [0.2, 0.25) is 0 Å². The van der Waals surface area contributed by atoms with Crippen molar-refractivity contribution in [1.29, 1.82) is 0 Å². The average Bonchev–Trinajstić information content (AvgIpc) is 2.69. The van der Waals surface area contributed by atoms with Crippen molar-refractivity contribution >= 4 is 0 Å². The van der Waals surface area contributed by atoms with Crippen LogP contribution in [0.3, 0.4) is 0 Å². The van der Waals surface area contributed by atoms with Gasteiger partial charge in [0.25, 0.3) is 0 Å². The summed E-state index contributed by atoms with van der Waals surface area (Å²) in [6, 6.07) is 2.49. The van der Waals surface area contributed by atoms with Gasteiger partial charge in [-0.15, -0.1) is 0 Å². The monoisotopic (exact) mass is 333 g/mol. The highest BCUT2D eigenvalue weighted by molar-refractivity contribution is 4.85. The lowest BCUT2D eigenvalue weighted by atomic mass is 9.92. The zero-order valence-electron chi connectivity index (χ0n) is 15.8. The van der Waals surface area contributed by atoms with E-state index < -0.39 is 0 Å². The first-order chi connectivity index (χ1) is 11.9. The van der Waals surface area contributed by atoms with Crippen molar-refractivity contribution in [3.8, 4) is 0 Å². The summed E-state index contributed by atoms with van der Waals surface area (Å²) in [5.74, 6) is 0. The van der Waals surface area contributed by atoms with E-state index in [9.17, 15) is 0 Å². The fraction of sp³-hybridized carbons (Fsp3) is 1.00. The van der Waals surface area contributed by atoms with E-state index in [4.69, 9.17) is 0 Å². The van der Waals surface area contributed by atoms with Gasteiger partial charge in [0.05, 0.1) is 0 Å². The minimum Gasteiger partial charge on any atom is -0.225 e. The third kappa shape index (κ3) is 3.83. The molecule has 0 atom stereocenters. The molecule has 24 heavy (non-hydrogen) atoms. The molecule has 3 heteroatoms. The van der Waals surface area contributed by atoms with Crippen molar-refractivity contribution in [2.75, 3.05) is 13.1 Å². The van der Waals surface area contributed by atoms with E-state index in [1.165, 1.54) is 116 Å². The lowest BCUT2D eigenvalue weighted by molar-refractivity contribution is -0.275. The van der Waals surface area contributed by atoms with E-state index in [2.05, 4.69) is 15.1 Å². The van der Waals surface area contributed by atoms with E-state index in [-0.39, 0.29) is 0 Å². The minimum atomic E-state index is 0.808. The van der Waals surface area contributed by atoms with Crippen molar-refractivity contribution in [2.24, 2.45) is 0 Å². The molecule has 0 N–H and O–H groups in total. The van der Waals surface area contributed by atoms with Crippen LogP contribution in [0.5, 0.6) is 0 Å². The first-order valence-electron chi connectivity index (χ1n) is 11.3. The quantitative estimate of drug-likeness (QED) is 0.709. The molecule has 3 aliphatic carbocycles. The third-order valence-corrected chi connectivity index (χ3v) is 7.19. The summed E-state index contributed by atoms with van der Waals surface area (Å²) in [7, 11) is 0. The van der Waals surface area contributed by atoms with E-state index in [0.29, 0.717) is 0 Å². The zero-order valence-corrected chi connectivity index (χ0v) is 15.8. The van der Waals surface area contributed by atoms with Crippen molar-refractivity contribution < 1.29 is 0 Å². The van der Waals surface area contributed by atoms with Crippen LogP contribution in [-0.4, -0.2) is 46.4 Å². The van der Waals surface area contributed by atoms with Gasteiger partial charge in [-0.1, -0.05) is 57.8 Å². The molecule has 0 bridgehead atoms. The van der Waals surface area contributed by atoms with Gasteiger partial charge in [0, 0.05) is 31.2 Å². The van der Waals surface area contributed by atoms with Crippen molar-refractivity contribution in [3.05, 3.63) is 0 Å². The standard InChI is InChI=1S/C21H39N3/c1-4-11-19(12-5-1)22-17-10-18-23(20-13-6-2-7-14-20)24(22)21-15-8-3-9-16-21/h19-21H,1-18H2. The topological polar surface area (TPSA) is 9.72 Å². The molecule has 1 aliphatic heterocycles. The second kappa shape index (κ2) is 8.51. The summed E-state index contributed by atoms with van der Waals surface area (Å²) in [6.07, 6.45) is 23.2. The Morgan fingerprint density at radius 2 is 0.750 bits per heavy atom. The lowest BCUT2D eigenvalue weighted by Crippen LogP contribution is -2.67. The first-order valence-corrected chi connectivity index (χ1v) is 11.3. The largest absolute Gasteiger partial charge is 0.225 e. The molecule has 138 valence electrons. The molecule has 0 spiro atoms.